The van der Waals surface area contributed by atoms with Crippen LogP contribution < -0.4 is 16.4 Å². The lowest BCUT2D eigenvalue weighted by molar-refractivity contribution is 0.614. The summed E-state index contributed by atoms with van der Waals surface area (Å²) in [6.07, 6.45) is 11.8. The molecule has 0 amide bonds. The molecule has 0 bridgehead atoms. The second kappa shape index (κ2) is 15.2. The lowest BCUT2D eigenvalue weighted by atomic mass is 9.96. The van der Waals surface area contributed by atoms with Crippen molar-refractivity contribution in [1.29, 1.82) is 0 Å². The van der Waals surface area contributed by atoms with Crippen molar-refractivity contribution in [2.45, 2.75) is 40.5 Å². The van der Waals surface area contributed by atoms with Gasteiger partial charge in [0, 0.05) is 39.5 Å². The molecule has 41 heavy (non-hydrogen) atoms. The number of nitrogen functional groups attached to an aromatic ring is 1. The third-order valence-corrected chi connectivity index (χ3v) is 6.45. The number of aromatic nitrogens is 1. The average molecular weight is 555 g/mol. The zero-order valence-corrected chi connectivity index (χ0v) is 24.5. The van der Waals surface area contributed by atoms with E-state index in [0.29, 0.717) is 17.0 Å². The summed E-state index contributed by atoms with van der Waals surface area (Å²) < 4.78 is 29.5. The molecule has 0 radical (unpaired) electrons. The maximum absolute atomic E-state index is 16.0. The quantitative estimate of drug-likeness (QED) is 0.204. The van der Waals surface area contributed by atoms with Gasteiger partial charge in [-0.3, -0.25) is 4.98 Å². The minimum Gasteiger partial charge on any atom is -0.397 e. The molecule has 214 valence electrons. The van der Waals surface area contributed by atoms with E-state index in [2.05, 4.69) is 55.4 Å². The molecular formula is C35H40F2N4. The summed E-state index contributed by atoms with van der Waals surface area (Å²) in [7, 11) is 0. The first-order chi connectivity index (χ1) is 19.5. The van der Waals surface area contributed by atoms with E-state index in [9.17, 15) is 4.39 Å². The average Bonchev–Trinajstić information content (AvgIpc) is 2.94. The second-order valence-electron chi connectivity index (χ2n) is 9.43. The number of pyridine rings is 1. The Kier molecular flexibility index (Phi) is 12.0. The van der Waals surface area contributed by atoms with Gasteiger partial charge < -0.3 is 16.4 Å². The van der Waals surface area contributed by atoms with E-state index in [4.69, 9.17) is 5.73 Å². The van der Waals surface area contributed by atoms with Crippen molar-refractivity contribution in [2.75, 3.05) is 5.73 Å². The second-order valence-corrected chi connectivity index (χ2v) is 9.43. The van der Waals surface area contributed by atoms with Gasteiger partial charge in [-0.2, -0.15) is 0 Å². The topological polar surface area (TPSA) is 63.0 Å². The predicted molar refractivity (Wildman–Crippen MR) is 172 cm³/mol. The number of hydrogen-bond acceptors (Lipinski definition) is 4. The maximum atomic E-state index is 16.0. The largest absolute Gasteiger partial charge is 0.397 e. The number of allylic oxidation sites excluding steroid dienone is 11. The minimum absolute atomic E-state index is 0.106. The van der Waals surface area contributed by atoms with E-state index in [1.54, 1.807) is 43.4 Å². The van der Waals surface area contributed by atoms with Crippen LogP contribution in [0.5, 0.6) is 0 Å². The highest BCUT2D eigenvalue weighted by Gasteiger charge is 2.20. The Morgan fingerprint density at radius 3 is 2.27 bits per heavy atom. The minimum atomic E-state index is -0.616. The number of nitrogens with zero attached hydrogens (tertiary/aromatic N) is 1. The molecule has 0 spiro atoms. The van der Waals surface area contributed by atoms with E-state index >= 15 is 4.39 Å². The highest BCUT2D eigenvalue weighted by atomic mass is 19.1. The number of nitrogens with two attached hydrogens (primary N) is 1. The third-order valence-electron chi connectivity index (χ3n) is 6.45. The molecule has 0 atom stereocenters. The van der Waals surface area contributed by atoms with Gasteiger partial charge in [0.1, 0.15) is 11.5 Å². The molecule has 0 unspecified atom stereocenters. The Labute approximate surface area is 243 Å². The van der Waals surface area contributed by atoms with E-state index in [-0.39, 0.29) is 28.3 Å². The van der Waals surface area contributed by atoms with Crippen LogP contribution in [0.15, 0.2) is 122 Å². The van der Waals surface area contributed by atoms with Crippen LogP contribution in [0.2, 0.25) is 0 Å². The first kappa shape index (κ1) is 32.5. The van der Waals surface area contributed by atoms with Gasteiger partial charge in [-0.15, -0.1) is 0 Å². The zero-order valence-electron chi connectivity index (χ0n) is 24.5. The Morgan fingerprint density at radius 2 is 1.71 bits per heavy atom. The Hall–Kier alpha value is -4.71. The lowest BCUT2D eigenvalue weighted by Gasteiger charge is -2.19. The lowest BCUT2D eigenvalue weighted by Crippen LogP contribution is -2.15. The highest BCUT2D eigenvalue weighted by molar-refractivity contribution is 5.86. The van der Waals surface area contributed by atoms with Gasteiger partial charge in [-0.25, -0.2) is 8.78 Å². The fourth-order valence-electron chi connectivity index (χ4n) is 4.11. The fourth-order valence-corrected chi connectivity index (χ4v) is 4.11. The molecule has 4 N–H and O–H groups in total. The standard InChI is InChI=1S/C35H40F2N4/c1-10-14-22(5)40-30(13-4)20-27(12-3)35-34(37)33(32(38)21-39-35)24(7)26(9)41-25(8)23(6)31(15-11-2)28-16-18-29(36)19-17-28/h11-13,15-21,40-41H,2,4-5,7,9-10,14,38H2,1,3,6,8H3/b25-23+,27-12+,30-20+,31-15+. The third kappa shape index (κ3) is 8.39. The van der Waals surface area contributed by atoms with Crippen LogP contribution in [0, 0.1) is 11.6 Å². The maximum Gasteiger partial charge on any atom is 0.159 e. The van der Waals surface area contributed by atoms with Crippen LogP contribution in [-0.2, 0) is 0 Å². The molecule has 0 aliphatic heterocycles. The van der Waals surface area contributed by atoms with Crippen LogP contribution in [0.1, 0.15) is 57.4 Å². The number of nitrogens with one attached hydrogen (secondary N) is 2. The van der Waals surface area contributed by atoms with E-state index in [1.807, 2.05) is 19.9 Å². The van der Waals surface area contributed by atoms with Crippen molar-refractivity contribution in [3.8, 4) is 0 Å². The molecule has 0 aliphatic carbocycles. The number of benzene rings is 1. The molecule has 0 fully saturated rings. The van der Waals surface area contributed by atoms with Crippen LogP contribution in [0.4, 0.5) is 14.5 Å². The molecule has 4 nitrogen and oxygen atoms in total. The summed E-state index contributed by atoms with van der Waals surface area (Å²) in [5.74, 6) is -0.935. The summed E-state index contributed by atoms with van der Waals surface area (Å²) in [4.78, 5) is 4.29. The summed E-state index contributed by atoms with van der Waals surface area (Å²) in [6.45, 7) is 27.5. The molecule has 2 aromatic rings. The van der Waals surface area contributed by atoms with Crippen molar-refractivity contribution >= 4 is 22.4 Å². The van der Waals surface area contributed by atoms with E-state index in [0.717, 1.165) is 40.9 Å². The Balaban J connectivity index is 2.43. The van der Waals surface area contributed by atoms with Crippen LogP contribution in [0.25, 0.3) is 16.7 Å². The van der Waals surface area contributed by atoms with Crippen molar-refractivity contribution in [3.63, 3.8) is 0 Å². The van der Waals surface area contributed by atoms with Gasteiger partial charge in [0.05, 0.1) is 11.9 Å². The van der Waals surface area contributed by atoms with Gasteiger partial charge in [0.15, 0.2) is 5.82 Å². The number of halogens is 2. The van der Waals surface area contributed by atoms with E-state index < -0.39 is 5.82 Å². The SMILES string of the molecule is C=C/C=C(\C(C)=C(/C)NC(=C)C(=C)c1c(N)cnc(C(/C=C(\C=C)NC(=C)CCC)=C/C)c1F)c1ccc(F)cc1. The predicted octanol–water partition coefficient (Wildman–Crippen LogP) is 9.00. The van der Waals surface area contributed by atoms with Gasteiger partial charge in [-0.1, -0.05) is 76.6 Å². The fraction of sp³-hybridized carbons (Fsp3) is 0.171. The molecule has 6 heteroatoms. The summed E-state index contributed by atoms with van der Waals surface area (Å²) in [6, 6.07) is 6.20. The summed E-state index contributed by atoms with van der Waals surface area (Å²) in [5, 5.41) is 6.43. The molecular weight excluding hydrogens is 514 g/mol. The van der Waals surface area contributed by atoms with Gasteiger partial charge in [-0.05, 0) is 68.2 Å². The van der Waals surface area contributed by atoms with Gasteiger partial charge in [0.25, 0.3) is 0 Å². The van der Waals surface area contributed by atoms with Crippen LogP contribution in [0.3, 0.4) is 0 Å². The molecule has 1 aromatic heterocycles. The molecule has 0 saturated carbocycles. The van der Waals surface area contributed by atoms with Crippen LogP contribution >= 0.6 is 0 Å². The Morgan fingerprint density at radius 1 is 1.05 bits per heavy atom. The van der Waals surface area contributed by atoms with Crippen molar-refractivity contribution in [1.82, 2.24) is 15.6 Å². The molecule has 2 rings (SSSR count). The van der Waals surface area contributed by atoms with Gasteiger partial charge >= 0.3 is 0 Å². The number of anilines is 1. The smallest absolute Gasteiger partial charge is 0.159 e. The van der Waals surface area contributed by atoms with Crippen molar-refractivity contribution in [3.05, 3.63) is 151 Å². The first-order valence-corrected chi connectivity index (χ1v) is 13.3. The first-order valence-electron chi connectivity index (χ1n) is 13.3. The monoisotopic (exact) mass is 554 g/mol. The zero-order chi connectivity index (χ0) is 30.7. The molecule has 0 saturated heterocycles. The number of rotatable bonds is 14. The van der Waals surface area contributed by atoms with E-state index in [1.165, 1.54) is 18.3 Å². The summed E-state index contributed by atoms with van der Waals surface area (Å²) in [5.41, 5.74) is 12.5. The molecule has 1 aromatic carbocycles. The Bertz CT molecular complexity index is 1470. The molecule has 0 aliphatic rings. The van der Waals surface area contributed by atoms with Crippen LogP contribution in [-0.4, -0.2) is 4.98 Å². The summed E-state index contributed by atoms with van der Waals surface area (Å²) >= 11 is 0. The van der Waals surface area contributed by atoms with Crippen molar-refractivity contribution < 1.29 is 8.78 Å². The van der Waals surface area contributed by atoms with Gasteiger partial charge in [0.2, 0.25) is 0 Å². The number of hydrogen-bond donors (Lipinski definition) is 3. The normalized spacial score (nSPS) is 12.8. The highest BCUT2D eigenvalue weighted by Crippen LogP contribution is 2.32. The molecule has 1 heterocycles. The van der Waals surface area contributed by atoms with Crippen molar-refractivity contribution in [2.24, 2.45) is 0 Å².